The standard InChI is InChI=1S/C14H15OP/c1-11-7-6-10-14(12(11)2)16(15)13-8-4-3-5-9-13/h3-10,16H,1-2H3. The van der Waals surface area contributed by atoms with Crippen LogP contribution in [0.5, 0.6) is 0 Å². The Balaban J connectivity index is 2.46. The van der Waals surface area contributed by atoms with Crippen molar-refractivity contribution in [3.63, 3.8) is 0 Å². The molecule has 2 rings (SSSR count). The monoisotopic (exact) mass is 230 g/mol. The van der Waals surface area contributed by atoms with Gasteiger partial charge in [-0.25, -0.2) is 0 Å². The Kier molecular flexibility index (Phi) is 3.26. The molecule has 0 saturated heterocycles. The molecule has 0 aliphatic rings. The van der Waals surface area contributed by atoms with Gasteiger partial charge in [0.1, 0.15) is 7.80 Å². The maximum absolute atomic E-state index is 12.4. The van der Waals surface area contributed by atoms with Crippen molar-refractivity contribution in [2.75, 3.05) is 0 Å². The Labute approximate surface area is 96.9 Å². The zero-order valence-corrected chi connectivity index (χ0v) is 10.5. The molecule has 0 aromatic heterocycles. The molecule has 0 fully saturated rings. The van der Waals surface area contributed by atoms with Crippen LogP contribution < -0.4 is 10.6 Å². The first kappa shape index (κ1) is 11.2. The van der Waals surface area contributed by atoms with E-state index in [2.05, 4.69) is 13.0 Å². The number of rotatable bonds is 2. The molecule has 0 heterocycles. The van der Waals surface area contributed by atoms with E-state index in [1.807, 2.05) is 49.4 Å². The van der Waals surface area contributed by atoms with E-state index in [9.17, 15) is 4.57 Å². The average Bonchev–Trinajstić information content (AvgIpc) is 2.33. The summed E-state index contributed by atoms with van der Waals surface area (Å²) in [5, 5.41) is 1.91. The SMILES string of the molecule is Cc1cccc([PH](=O)c2ccccc2)c1C. The second-order valence-corrected chi connectivity index (χ2v) is 5.72. The Hall–Kier alpha value is -1.33. The molecule has 0 saturated carbocycles. The molecule has 1 atom stereocenters. The third kappa shape index (κ3) is 2.10. The van der Waals surface area contributed by atoms with Crippen molar-refractivity contribution in [1.82, 2.24) is 0 Å². The molecule has 0 bridgehead atoms. The van der Waals surface area contributed by atoms with Gasteiger partial charge in [-0.1, -0.05) is 48.5 Å². The topological polar surface area (TPSA) is 17.1 Å². The first-order chi connectivity index (χ1) is 7.70. The Bertz CT molecular complexity index is 518. The van der Waals surface area contributed by atoms with E-state index in [4.69, 9.17) is 0 Å². The minimum absolute atomic E-state index is 0.932. The summed E-state index contributed by atoms with van der Waals surface area (Å²) in [5.41, 5.74) is 2.35. The molecular formula is C14H15OP. The maximum atomic E-state index is 12.4. The molecule has 0 N–H and O–H groups in total. The lowest BCUT2D eigenvalue weighted by atomic mass is 10.1. The lowest BCUT2D eigenvalue weighted by molar-refractivity contribution is 0.598. The fraction of sp³-hybridized carbons (Fsp3) is 0.143. The predicted octanol–water partition coefficient (Wildman–Crippen LogP) is 2.81. The van der Waals surface area contributed by atoms with Gasteiger partial charge in [-0.15, -0.1) is 0 Å². The molecule has 0 aliphatic heterocycles. The van der Waals surface area contributed by atoms with Gasteiger partial charge in [0, 0.05) is 10.6 Å². The van der Waals surface area contributed by atoms with E-state index < -0.39 is 7.80 Å². The van der Waals surface area contributed by atoms with Crippen LogP contribution in [0.3, 0.4) is 0 Å². The molecule has 2 heteroatoms. The van der Waals surface area contributed by atoms with Crippen molar-refractivity contribution < 1.29 is 4.57 Å². The summed E-state index contributed by atoms with van der Waals surface area (Å²) >= 11 is 0. The summed E-state index contributed by atoms with van der Waals surface area (Å²) in [6.45, 7) is 4.09. The molecule has 1 unspecified atom stereocenters. The van der Waals surface area contributed by atoms with Gasteiger partial charge >= 0.3 is 0 Å². The lowest BCUT2D eigenvalue weighted by Crippen LogP contribution is -2.10. The normalized spacial score (nSPS) is 12.4. The molecule has 2 aromatic carbocycles. The summed E-state index contributed by atoms with van der Waals surface area (Å²) in [7, 11) is -1.85. The molecule has 0 amide bonds. The zero-order chi connectivity index (χ0) is 11.5. The summed E-state index contributed by atoms with van der Waals surface area (Å²) in [4.78, 5) is 0. The van der Waals surface area contributed by atoms with Crippen LogP contribution in [0, 0.1) is 13.8 Å². The van der Waals surface area contributed by atoms with Crippen LogP contribution in [0.25, 0.3) is 0 Å². The van der Waals surface area contributed by atoms with Crippen molar-refractivity contribution in [3.05, 3.63) is 59.7 Å². The minimum atomic E-state index is -1.85. The highest BCUT2D eigenvalue weighted by atomic mass is 31.1. The molecule has 82 valence electrons. The predicted molar refractivity (Wildman–Crippen MR) is 70.6 cm³/mol. The summed E-state index contributed by atoms with van der Waals surface area (Å²) in [5.74, 6) is 0. The van der Waals surface area contributed by atoms with E-state index in [1.165, 1.54) is 5.56 Å². The van der Waals surface area contributed by atoms with Crippen molar-refractivity contribution in [3.8, 4) is 0 Å². The molecule has 0 radical (unpaired) electrons. The quantitative estimate of drug-likeness (QED) is 0.725. The zero-order valence-electron chi connectivity index (χ0n) is 9.53. The van der Waals surface area contributed by atoms with Crippen molar-refractivity contribution in [2.24, 2.45) is 0 Å². The van der Waals surface area contributed by atoms with E-state index >= 15 is 0 Å². The minimum Gasteiger partial charge on any atom is -0.317 e. The third-order valence-corrected chi connectivity index (χ3v) is 4.77. The smallest absolute Gasteiger partial charge is 0.132 e. The van der Waals surface area contributed by atoms with Crippen LogP contribution in [0.4, 0.5) is 0 Å². The van der Waals surface area contributed by atoms with Gasteiger partial charge in [-0.2, -0.15) is 0 Å². The van der Waals surface area contributed by atoms with E-state index in [0.717, 1.165) is 16.2 Å². The number of benzene rings is 2. The molecule has 0 aliphatic carbocycles. The van der Waals surface area contributed by atoms with Crippen LogP contribution in [0.15, 0.2) is 48.5 Å². The molecule has 2 aromatic rings. The first-order valence-electron chi connectivity index (χ1n) is 5.36. The second-order valence-electron chi connectivity index (χ2n) is 3.94. The van der Waals surface area contributed by atoms with Gasteiger partial charge in [0.2, 0.25) is 0 Å². The summed E-state index contributed by atoms with van der Waals surface area (Å²) < 4.78 is 12.4. The highest BCUT2D eigenvalue weighted by Gasteiger charge is 2.09. The van der Waals surface area contributed by atoms with Gasteiger partial charge in [-0.3, -0.25) is 0 Å². The molecule has 16 heavy (non-hydrogen) atoms. The number of hydrogen-bond acceptors (Lipinski definition) is 1. The Morgan fingerprint density at radius 1 is 0.875 bits per heavy atom. The summed E-state index contributed by atoms with van der Waals surface area (Å²) in [6.07, 6.45) is 0. The van der Waals surface area contributed by atoms with Crippen LogP contribution >= 0.6 is 7.80 Å². The van der Waals surface area contributed by atoms with Crippen molar-refractivity contribution >= 4 is 18.4 Å². The molecule has 1 nitrogen and oxygen atoms in total. The average molecular weight is 230 g/mol. The maximum Gasteiger partial charge on any atom is 0.132 e. The van der Waals surface area contributed by atoms with Crippen LogP contribution in [-0.4, -0.2) is 0 Å². The number of aryl methyl sites for hydroxylation is 1. The van der Waals surface area contributed by atoms with Gasteiger partial charge < -0.3 is 4.57 Å². The second kappa shape index (κ2) is 4.67. The van der Waals surface area contributed by atoms with Gasteiger partial charge in [0.05, 0.1) is 0 Å². The number of hydrogen-bond donors (Lipinski definition) is 0. The lowest BCUT2D eigenvalue weighted by Gasteiger charge is -2.08. The molecule has 0 spiro atoms. The van der Waals surface area contributed by atoms with E-state index in [1.54, 1.807) is 0 Å². The van der Waals surface area contributed by atoms with Crippen molar-refractivity contribution in [2.45, 2.75) is 13.8 Å². The summed E-state index contributed by atoms with van der Waals surface area (Å²) in [6, 6.07) is 15.7. The van der Waals surface area contributed by atoms with Crippen molar-refractivity contribution in [1.29, 1.82) is 0 Å². The fourth-order valence-corrected chi connectivity index (χ4v) is 3.33. The third-order valence-electron chi connectivity index (χ3n) is 2.89. The largest absolute Gasteiger partial charge is 0.317 e. The molecular weight excluding hydrogens is 215 g/mol. The van der Waals surface area contributed by atoms with E-state index in [-0.39, 0.29) is 0 Å². The first-order valence-corrected chi connectivity index (χ1v) is 6.77. The highest BCUT2D eigenvalue weighted by molar-refractivity contribution is 7.61. The van der Waals surface area contributed by atoms with Gasteiger partial charge in [0.15, 0.2) is 0 Å². The fourth-order valence-electron chi connectivity index (χ4n) is 1.74. The van der Waals surface area contributed by atoms with Gasteiger partial charge in [0.25, 0.3) is 0 Å². The van der Waals surface area contributed by atoms with Crippen LogP contribution in [0.1, 0.15) is 11.1 Å². The van der Waals surface area contributed by atoms with E-state index in [0.29, 0.717) is 0 Å². The van der Waals surface area contributed by atoms with Crippen LogP contribution in [-0.2, 0) is 4.57 Å². The Morgan fingerprint density at radius 2 is 1.56 bits per heavy atom. The Morgan fingerprint density at radius 3 is 2.25 bits per heavy atom. The van der Waals surface area contributed by atoms with Gasteiger partial charge in [-0.05, 0) is 25.0 Å². The van der Waals surface area contributed by atoms with Crippen LogP contribution in [0.2, 0.25) is 0 Å². The highest BCUT2D eigenvalue weighted by Crippen LogP contribution is 2.22.